The first kappa shape index (κ1) is 21.8. The highest BCUT2D eigenvalue weighted by Gasteiger charge is 2.29. The molecule has 10 heteroatoms. The van der Waals surface area contributed by atoms with Crippen LogP contribution in [-0.4, -0.2) is 43.8 Å². The van der Waals surface area contributed by atoms with Crippen molar-refractivity contribution in [3.05, 3.63) is 42.2 Å². The average molecular weight is 435 g/mol. The maximum atomic E-state index is 12.7. The van der Waals surface area contributed by atoms with Crippen LogP contribution < -0.4 is 16.0 Å². The number of benzene rings is 1. The molecule has 1 aromatic heterocycles. The molecule has 0 atom stereocenters. The number of carbonyl (C=O) groups excluding carboxylic acids is 2. The Morgan fingerprint density at radius 2 is 1.60 bits per heavy atom. The molecule has 3 rings (SSSR count). The molecule has 0 aliphatic carbocycles. The fraction of sp³-hybridized carbons (Fsp3) is 0.400. The van der Waals surface area contributed by atoms with Gasteiger partial charge in [-0.25, -0.2) is 13.2 Å². The van der Waals surface area contributed by atoms with E-state index in [9.17, 15) is 18.0 Å². The van der Waals surface area contributed by atoms with Crippen molar-refractivity contribution in [3.8, 4) is 0 Å². The van der Waals surface area contributed by atoms with E-state index in [1.165, 1.54) is 16.4 Å². The van der Waals surface area contributed by atoms with Crippen molar-refractivity contribution in [1.29, 1.82) is 0 Å². The molecule has 1 aliphatic heterocycles. The summed E-state index contributed by atoms with van der Waals surface area (Å²) >= 11 is 0. The van der Waals surface area contributed by atoms with Crippen LogP contribution in [0.4, 0.5) is 16.2 Å². The summed E-state index contributed by atoms with van der Waals surface area (Å²) < 4.78 is 32.1. The Morgan fingerprint density at radius 1 is 0.967 bits per heavy atom. The lowest BCUT2D eigenvalue weighted by atomic mass is 10.2. The quantitative estimate of drug-likeness (QED) is 0.645. The minimum Gasteiger partial charge on any atom is -0.438 e. The summed E-state index contributed by atoms with van der Waals surface area (Å²) in [6.45, 7) is 4.56. The number of urea groups is 1. The predicted molar refractivity (Wildman–Crippen MR) is 113 cm³/mol. The first-order valence-corrected chi connectivity index (χ1v) is 11.3. The highest BCUT2D eigenvalue weighted by molar-refractivity contribution is 7.89. The fourth-order valence-electron chi connectivity index (χ4n) is 3.12. The Hall–Kier alpha value is -2.85. The van der Waals surface area contributed by atoms with Crippen LogP contribution in [0.5, 0.6) is 0 Å². The molecule has 1 fully saturated rings. The van der Waals surface area contributed by atoms with Crippen molar-refractivity contribution in [2.24, 2.45) is 0 Å². The van der Waals surface area contributed by atoms with Gasteiger partial charge in [0.15, 0.2) is 5.76 Å². The molecule has 1 aromatic carbocycles. The molecule has 1 aliphatic rings. The van der Waals surface area contributed by atoms with Crippen LogP contribution in [0.25, 0.3) is 0 Å². The Morgan fingerprint density at radius 3 is 2.23 bits per heavy atom. The molecule has 30 heavy (non-hydrogen) atoms. The Bertz CT molecular complexity index is 1010. The van der Waals surface area contributed by atoms with Gasteiger partial charge in [-0.3, -0.25) is 4.79 Å². The second-order valence-electron chi connectivity index (χ2n) is 7.34. The molecule has 0 bridgehead atoms. The maximum Gasteiger partial charge on any atom is 0.319 e. The van der Waals surface area contributed by atoms with Gasteiger partial charge in [0, 0.05) is 19.1 Å². The standard InChI is InChI=1S/C20H26N4O5S/c1-14(2)21-20(26)23-16-9-5-4-8-15(16)22-19(25)17-10-11-18(29-17)30(27,28)24-12-6-3-7-13-24/h4-5,8-11,14H,3,6-7,12-13H2,1-2H3,(H,22,25)(H2,21,23,26). The summed E-state index contributed by atoms with van der Waals surface area (Å²) in [5.74, 6) is -0.749. The highest BCUT2D eigenvalue weighted by Crippen LogP contribution is 2.25. The van der Waals surface area contributed by atoms with Crippen LogP contribution in [0.3, 0.4) is 0 Å². The Labute approximate surface area is 175 Å². The maximum absolute atomic E-state index is 12.7. The number of rotatable bonds is 6. The zero-order chi connectivity index (χ0) is 21.7. The SMILES string of the molecule is CC(C)NC(=O)Nc1ccccc1NC(=O)c1ccc(S(=O)(=O)N2CCCCC2)o1. The van der Waals surface area contributed by atoms with Crippen LogP contribution in [0, 0.1) is 0 Å². The largest absolute Gasteiger partial charge is 0.438 e. The van der Waals surface area contributed by atoms with Gasteiger partial charge in [-0.1, -0.05) is 18.6 Å². The summed E-state index contributed by atoms with van der Waals surface area (Å²) in [5, 5.41) is 7.77. The minimum absolute atomic E-state index is 0.0462. The number of furan rings is 1. The van der Waals surface area contributed by atoms with Crippen LogP contribution in [0.2, 0.25) is 0 Å². The lowest BCUT2D eigenvalue weighted by Crippen LogP contribution is -2.35. The van der Waals surface area contributed by atoms with E-state index in [4.69, 9.17) is 4.42 Å². The van der Waals surface area contributed by atoms with Gasteiger partial charge >= 0.3 is 6.03 Å². The van der Waals surface area contributed by atoms with Crippen LogP contribution in [-0.2, 0) is 10.0 Å². The van der Waals surface area contributed by atoms with E-state index >= 15 is 0 Å². The third-order valence-electron chi connectivity index (χ3n) is 4.56. The number of anilines is 2. The molecule has 0 saturated carbocycles. The van der Waals surface area contributed by atoms with Crippen molar-refractivity contribution in [2.45, 2.75) is 44.2 Å². The van der Waals surface area contributed by atoms with Gasteiger partial charge in [0.2, 0.25) is 5.09 Å². The monoisotopic (exact) mass is 434 g/mol. The van der Waals surface area contributed by atoms with Crippen LogP contribution >= 0.6 is 0 Å². The van der Waals surface area contributed by atoms with E-state index in [1.807, 2.05) is 13.8 Å². The van der Waals surface area contributed by atoms with Crippen molar-refractivity contribution in [3.63, 3.8) is 0 Å². The van der Waals surface area contributed by atoms with Crippen molar-refractivity contribution >= 4 is 33.3 Å². The summed E-state index contributed by atoms with van der Waals surface area (Å²) in [6, 6.07) is 8.86. The summed E-state index contributed by atoms with van der Waals surface area (Å²) in [5.41, 5.74) is 0.759. The van der Waals surface area contributed by atoms with Gasteiger partial charge in [-0.05, 0) is 51.0 Å². The van der Waals surface area contributed by atoms with Gasteiger partial charge < -0.3 is 20.4 Å². The predicted octanol–water partition coefficient (Wildman–Crippen LogP) is 3.24. The molecule has 162 valence electrons. The van der Waals surface area contributed by atoms with E-state index in [2.05, 4.69) is 16.0 Å². The second-order valence-corrected chi connectivity index (χ2v) is 9.21. The number of carbonyl (C=O) groups is 2. The molecule has 0 unspecified atom stereocenters. The molecule has 0 spiro atoms. The van der Waals surface area contributed by atoms with Gasteiger partial charge in [0.25, 0.3) is 15.9 Å². The van der Waals surface area contributed by atoms with Gasteiger partial charge in [-0.15, -0.1) is 0 Å². The lowest BCUT2D eigenvalue weighted by molar-refractivity contribution is 0.0991. The van der Waals surface area contributed by atoms with Crippen LogP contribution in [0.15, 0.2) is 45.9 Å². The molecule has 2 heterocycles. The van der Waals surface area contributed by atoms with E-state index in [1.54, 1.807) is 24.3 Å². The molecule has 2 aromatic rings. The molecule has 9 nitrogen and oxygen atoms in total. The number of amides is 3. The first-order chi connectivity index (χ1) is 14.3. The lowest BCUT2D eigenvalue weighted by Gasteiger charge is -2.24. The summed E-state index contributed by atoms with van der Waals surface area (Å²) in [4.78, 5) is 24.6. The Kier molecular flexibility index (Phi) is 6.78. The number of nitrogens with one attached hydrogen (secondary N) is 3. The third kappa shape index (κ3) is 5.19. The summed E-state index contributed by atoms with van der Waals surface area (Å²) in [6.07, 6.45) is 2.61. The van der Waals surface area contributed by atoms with Crippen molar-refractivity contribution in [1.82, 2.24) is 9.62 Å². The number of para-hydroxylation sites is 2. The molecular formula is C20H26N4O5S. The van der Waals surface area contributed by atoms with Crippen molar-refractivity contribution in [2.75, 3.05) is 23.7 Å². The highest BCUT2D eigenvalue weighted by atomic mass is 32.2. The zero-order valence-electron chi connectivity index (χ0n) is 17.0. The van der Waals surface area contributed by atoms with Gasteiger partial charge in [0.05, 0.1) is 11.4 Å². The van der Waals surface area contributed by atoms with Crippen molar-refractivity contribution < 1.29 is 22.4 Å². The molecule has 3 amide bonds. The molecule has 0 radical (unpaired) electrons. The third-order valence-corrected chi connectivity index (χ3v) is 6.33. The Balaban J connectivity index is 1.72. The van der Waals surface area contributed by atoms with E-state index in [0.717, 1.165) is 19.3 Å². The topological polar surface area (TPSA) is 121 Å². The number of sulfonamides is 1. The normalized spacial score (nSPS) is 15.0. The zero-order valence-corrected chi connectivity index (χ0v) is 17.8. The van der Waals surface area contributed by atoms with Crippen LogP contribution in [0.1, 0.15) is 43.7 Å². The average Bonchev–Trinajstić information content (AvgIpc) is 3.21. The second kappa shape index (κ2) is 9.31. The number of hydrogen-bond donors (Lipinski definition) is 3. The number of hydrogen-bond acceptors (Lipinski definition) is 5. The summed E-state index contributed by atoms with van der Waals surface area (Å²) in [7, 11) is -3.76. The number of piperidine rings is 1. The van der Waals surface area contributed by atoms with E-state index in [0.29, 0.717) is 24.5 Å². The smallest absolute Gasteiger partial charge is 0.319 e. The fourth-order valence-corrected chi connectivity index (χ4v) is 4.55. The molecular weight excluding hydrogens is 408 g/mol. The number of nitrogens with zero attached hydrogens (tertiary/aromatic N) is 1. The molecule has 1 saturated heterocycles. The van der Waals surface area contributed by atoms with Gasteiger partial charge in [-0.2, -0.15) is 4.31 Å². The first-order valence-electron chi connectivity index (χ1n) is 9.85. The van der Waals surface area contributed by atoms with E-state index < -0.39 is 22.0 Å². The van der Waals surface area contributed by atoms with E-state index in [-0.39, 0.29) is 16.9 Å². The van der Waals surface area contributed by atoms with Gasteiger partial charge in [0.1, 0.15) is 0 Å². The molecule has 3 N–H and O–H groups in total. The minimum atomic E-state index is -3.76.